The third-order valence-electron chi connectivity index (χ3n) is 9.31. The van der Waals surface area contributed by atoms with Gasteiger partial charge in [-0.25, -0.2) is 4.79 Å². The number of aliphatic hydroxyl groups is 1. The van der Waals surface area contributed by atoms with Crippen molar-refractivity contribution < 1.29 is 34.1 Å². The number of methoxy groups -OCH3 is 1. The highest BCUT2D eigenvalue weighted by atomic mass is 16.5. The number of hydrogen-bond donors (Lipinski definition) is 3. The number of likely N-dealkylation sites (tertiary alicyclic amines) is 1. The van der Waals surface area contributed by atoms with Crippen LogP contribution in [-0.4, -0.2) is 81.7 Å². The molecule has 2 heterocycles. The van der Waals surface area contributed by atoms with Crippen LogP contribution in [0.25, 0.3) is 0 Å². The lowest BCUT2D eigenvalue weighted by molar-refractivity contribution is -0.163. The quantitative estimate of drug-likeness (QED) is 0.351. The summed E-state index contributed by atoms with van der Waals surface area (Å²) < 4.78 is 11.1. The predicted molar refractivity (Wildman–Crippen MR) is 160 cm³/mol. The second-order valence-corrected chi connectivity index (χ2v) is 12.2. The second kappa shape index (κ2) is 12.9. The molecule has 0 unspecified atom stereocenters. The number of piperidine rings is 1. The molecule has 1 spiro atoms. The Morgan fingerprint density at radius 1 is 1.02 bits per heavy atom. The number of piperazine rings is 1. The smallest absolute Gasteiger partial charge is 0.339 e. The largest absolute Gasteiger partial charge is 0.496 e. The maximum Gasteiger partial charge on any atom is 0.339 e. The van der Waals surface area contributed by atoms with Crippen LogP contribution in [0.1, 0.15) is 80.6 Å². The molecule has 2 saturated heterocycles. The third-order valence-corrected chi connectivity index (χ3v) is 9.31. The van der Waals surface area contributed by atoms with Gasteiger partial charge in [-0.15, -0.1) is 0 Å². The van der Waals surface area contributed by atoms with Crippen molar-refractivity contribution in [2.75, 3.05) is 26.7 Å². The van der Waals surface area contributed by atoms with Gasteiger partial charge in [-0.1, -0.05) is 38.3 Å². The average molecular weight is 594 g/mol. The zero-order valence-electron chi connectivity index (χ0n) is 25.1. The van der Waals surface area contributed by atoms with Crippen molar-refractivity contribution in [3.63, 3.8) is 0 Å². The van der Waals surface area contributed by atoms with Crippen molar-refractivity contribution >= 4 is 17.8 Å². The summed E-state index contributed by atoms with van der Waals surface area (Å²) in [4.78, 5) is 42.9. The van der Waals surface area contributed by atoms with Crippen molar-refractivity contribution in [1.29, 1.82) is 0 Å². The molecule has 0 radical (unpaired) electrons. The Hall–Kier alpha value is -3.63. The molecule has 232 valence electrons. The number of ether oxygens (including phenoxy) is 2. The average Bonchev–Trinajstić information content (AvgIpc) is 3.43. The van der Waals surface area contributed by atoms with E-state index in [0.717, 1.165) is 31.2 Å². The van der Waals surface area contributed by atoms with Gasteiger partial charge in [0.25, 0.3) is 0 Å². The summed E-state index contributed by atoms with van der Waals surface area (Å²) in [6.07, 6.45) is 6.49. The molecule has 1 saturated carbocycles. The van der Waals surface area contributed by atoms with E-state index in [1.165, 1.54) is 13.2 Å². The summed E-state index contributed by atoms with van der Waals surface area (Å²) in [6.45, 7) is 4.73. The fourth-order valence-corrected chi connectivity index (χ4v) is 6.82. The molecule has 1 atom stereocenters. The van der Waals surface area contributed by atoms with E-state index in [9.17, 15) is 24.6 Å². The van der Waals surface area contributed by atoms with Crippen molar-refractivity contribution in [3.05, 3.63) is 53.6 Å². The van der Waals surface area contributed by atoms with Gasteiger partial charge >= 0.3 is 5.97 Å². The first-order valence-corrected chi connectivity index (χ1v) is 15.4. The van der Waals surface area contributed by atoms with Crippen LogP contribution < -0.4 is 14.8 Å². The first-order chi connectivity index (χ1) is 20.7. The van der Waals surface area contributed by atoms with E-state index >= 15 is 0 Å². The second-order valence-electron chi connectivity index (χ2n) is 12.2. The molecule has 0 bridgehead atoms. The number of amides is 2. The molecule has 10 heteroatoms. The number of carbonyl (C=O) groups excluding carboxylic acids is 2. The lowest BCUT2D eigenvalue weighted by Crippen LogP contribution is -2.73. The van der Waals surface area contributed by atoms with Crippen LogP contribution in [0.3, 0.4) is 0 Å². The molecule has 5 rings (SSSR count). The number of benzene rings is 2. The van der Waals surface area contributed by atoms with Crippen LogP contribution in [0.15, 0.2) is 42.5 Å². The number of nitrogens with zero attached hydrogens (tertiary/aromatic N) is 2. The van der Waals surface area contributed by atoms with Gasteiger partial charge in [-0.2, -0.15) is 0 Å². The van der Waals surface area contributed by atoms with Crippen molar-refractivity contribution in [2.45, 2.75) is 88.4 Å². The lowest BCUT2D eigenvalue weighted by atomic mass is 9.80. The van der Waals surface area contributed by atoms with Crippen LogP contribution >= 0.6 is 0 Å². The van der Waals surface area contributed by atoms with Gasteiger partial charge in [0.1, 0.15) is 34.4 Å². The number of hydrogen-bond acceptors (Lipinski definition) is 7. The van der Waals surface area contributed by atoms with E-state index in [-0.39, 0.29) is 23.1 Å². The molecule has 3 aliphatic rings. The highest BCUT2D eigenvalue weighted by Crippen LogP contribution is 2.38. The summed E-state index contributed by atoms with van der Waals surface area (Å²) >= 11 is 0. The molecular weight excluding hydrogens is 550 g/mol. The first-order valence-electron chi connectivity index (χ1n) is 15.4. The number of unbranched alkanes of at least 4 members (excludes halogenated alkanes) is 1. The number of carbonyl (C=O) groups is 3. The zero-order chi connectivity index (χ0) is 30.6. The molecule has 3 fully saturated rings. The van der Waals surface area contributed by atoms with Crippen LogP contribution in [0.5, 0.6) is 17.2 Å². The van der Waals surface area contributed by atoms with E-state index in [0.29, 0.717) is 69.8 Å². The highest BCUT2D eigenvalue weighted by Gasteiger charge is 2.54. The minimum atomic E-state index is -1.07. The predicted octanol–water partition coefficient (Wildman–Crippen LogP) is 4.34. The van der Waals surface area contributed by atoms with Gasteiger partial charge in [0.2, 0.25) is 11.8 Å². The Bertz CT molecular complexity index is 1310. The van der Waals surface area contributed by atoms with Crippen molar-refractivity contribution in [3.8, 4) is 17.2 Å². The first kappa shape index (κ1) is 30.8. The maximum absolute atomic E-state index is 13.7. The van der Waals surface area contributed by atoms with Gasteiger partial charge in [-0.3, -0.25) is 14.5 Å². The Kier molecular flexibility index (Phi) is 9.27. The number of rotatable bonds is 11. The van der Waals surface area contributed by atoms with E-state index in [1.54, 1.807) is 12.1 Å². The van der Waals surface area contributed by atoms with Crippen LogP contribution in [0.4, 0.5) is 0 Å². The Labute approximate surface area is 253 Å². The molecule has 2 aromatic rings. The number of carboxylic acid groups (broad SMARTS) is 1. The van der Waals surface area contributed by atoms with E-state index in [1.807, 2.05) is 29.2 Å². The number of nitrogens with one attached hydrogen (secondary N) is 1. The van der Waals surface area contributed by atoms with Gasteiger partial charge in [-0.05, 0) is 61.9 Å². The van der Waals surface area contributed by atoms with E-state index < -0.39 is 23.2 Å². The third kappa shape index (κ3) is 6.65. The molecule has 1 aliphatic carbocycles. The highest BCUT2D eigenvalue weighted by molar-refractivity contribution is 6.00. The standard InChI is InChI=1S/C33H43N3O7/c1-3-4-17-36-29(37)27(21-32(41)13-5-6-14-32)34-31(40)33(36)15-18-35(19-16-33)22-23-7-9-24(10-8-23)43-25-11-12-26(30(38)39)28(20-25)42-2/h7-12,20,27,41H,3-6,13-19,21-22H2,1-2H3,(H,34,40)(H,38,39)/t27-/m1/s1. The maximum atomic E-state index is 13.7. The Balaban J connectivity index is 1.20. The molecule has 2 aromatic carbocycles. The van der Waals surface area contributed by atoms with E-state index in [2.05, 4.69) is 17.1 Å². The van der Waals surface area contributed by atoms with Gasteiger partial charge in [0.05, 0.1) is 12.7 Å². The lowest BCUT2D eigenvalue weighted by Gasteiger charge is -2.52. The SMILES string of the molecule is CCCCN1C(=O)[C@@H](CC2(O)CCCC2)NC(=O)C12CCN(Cc1ccc(Oc3ccc(C(=O)O)c(OC)c3)cc1)CC2. The van der Waals surface area contributed by atoms with E-state index in [4.69, 9.17) is 9.47 Å². The summed E-state index contributed by atoms with van der Waals surface area (Å²) in [5.41, 5.74) is -0.540. The monoisotopic (exact) mass is 593 g/mol. The van der Waals surface area contributed by atoms with Gasteiger partial charge in [0, 0.05) is 38.7 Å². The molecule has 10 nitrogen and oxygen atoms in total. The zero-order valence-corrected chi connectivity index (χ0v) is 25.1. The van der Waals surface area contributed by atoms with Gasteiger partial charge in [0.15, 0.2) is 0 Å². The minimum Gasteiger partial charge on any atom is -0.496 e. The summed E-state index contributed by atoms with van der Waals surface area (Å²) in [5.74, 6) is 0.129. The summed E-state index contributed by atoms with van der Waals surface area (Å²) in [7, 11) is 1.42. The fourth-order valence-electron chi connectivity index (χ4n) is 6.82. The number of aromatic carboxylic acids is 1. The van der Waals surface area contributed by atoms with Gasteiger partial charge < -0.3 is 29.9 Å². The van der Waals surface area contributed by atoms with Crippen molar-refractivity contribution in [2.24, 2.45) is 0 Å². The summed E-state index contributed by atoms with van der Waals surface area (Å²) in [6, 6.07) is 11.7. The molecular formula is C33H43N3O7. The minimum absolute atomic E-state index is 0.0485. The van der Waals surface area contributed by atoms with Crippen LogP contribution in [0.2, 0.25) is 0 Å². The Morgan fingerprint density at radius 3 is 2.33 bits per heavy atom. The molecule has 0 aromatic heterocycles. The van der Waals surface area contributed by atoms with Crippen LogP contribution in [-0.2, 0) is 16.1 Å². The van der Waals surface area contributed by atoms with Crippen LogP contribution in [0, 0.1) is 0 Å². The molecule has 43 heavy (non-hydrogen) atoms. The molecule has 3 N–H and O–H groups in total. The topological polar surface area (TPSA) is 129 Å². The van der Waals surface area contributed by atoms with Crippen molar-refractivity contribution in [1.82, 2.24) is 15.1 Å². The Morgan fingerprint density at radius 2 is 1.70 bits per heavy atom. The molecule has 2 amide bonds. The fraction of sp³-hybridized carbons (Fsp3) is 0.545. The number of carboxylic acids is 1. The summed E-state index contributed by atoms with van der Waals surface area (Å²) in [5, 5.41) is 23.3. The normalized spacial score (nSPS) is 21.6. The molecule has 2 aliphatic heterocycles.